The van der Waals surface area contributed by atoms with E-state index < -0.39 is 11.5 Å². The molecule has 0 radical (unpaired) electrons. The minimum absolute atomic E-state index is 0.0662. The Morgan fingerprint density at radius 1 is 1.37 bits per heavy atom. The second-order valence-corrected chi connectivity index (χ2v) is 5.93. The van der Waals surface area contributed by atoms with Crippen LogP contribution in [0.3, 0.4) is 0 Å². The molecular formula is C14H26N2O3. The van der Waals surface area contributed by atoms with Gasteiger partial charge in [-0.1, -0.05) is 20.8 Å². The molecule has 2 atom stereocenters. The predicted octanol–water partition coefficient (Wildman–Crippen LogP) is 2.46. The number of likely N-dealkylation sites (tertiary alicyclic amines) is 1. The lowest BCUT2D eigenvalue weighted by atomic mass is 9.93. The Balaban J connectivity index is 2.72. The minimum atomic E-state index is -1.01. The summed E-state index contributed by atoms with van der Waals surface area (Å²) in [6.45, 7) is 8.53. The third-order valence-corrected chi connectivity index (χ3v) is 3.91. The van der Waals surface area contributed by atoms with Crippen molar-refractivity contribution in [3.8, 4) is 0 Å². The Bertz CT molecular complexity index is 344. The summed E-state index contributed by atoms with van der Waals surface area (Å²) in [6, 6.07) is -0.175. The van der Waals surface area contributed by atoms with E-state index in [1.807, 2.05) is 13.8 Å². The van der Waals surface area contributed by atoms with Gasteiger partial charge >= 0.3 is 12.0 Å². The zero-order valence-corrected chi connectivity index (χ0v) is 12.4. The maximum Gasteiger partial charge on any atom is 0.329 e. The number of urea groups is 1. The summed E-state index contributed by atoms with van der Waals surface area (Å²) in [5.74, 6) is -0.386. The van der Waals surface area contributed by atoms with Crippen molar-refractivity contribution in [1.82, 2.24) is 10.2 Å². The average Bonchev–Trinajstić information content (AvgIpc) is 2.72. The molecule has 0 aromatic heterocycles. The van der Waals surface area contributed by atoms with E-state index in [1.54, 1.807) is 0 Å². The molecular weight excluding hydrogens is 244 g/mol. The van der Waals surface area contributed by atoms with Gasteiger partial charge in [0.1, 0.15) is 5.54 Å². The van der Waals surface area contributed by atoms with Crippen LogP contribution in [-0.2, 0) is 4.79 Å². The number of carbonyl (C=O) groups excluding carboxylic acids is 1. The van der Waals surface area contributed by atoms with Crippen LogP contribution in [0.1, 0.15) is 53.4 Å². The third kappa shape index (κ3) is 3.39. The van der Waals surface area contributed by atoms with Gasteiger partial charge in [0.15, 0.2) is 0 Å². The number of carbonyl (C=O) groups is 2. The summed E-state index contributed by atoms with van der Waals surface area (Å²) < 4.78 is 0. The minimum Gasteiger partial charge on any atom is -0.479 e. The summed E-state index contributed by atoms with van der Waals surface area (Å²) in [5.41, 5.74) is -1.01. The molecule has 0 bridgehead atoms. The van der Waals surface area contributed by atoms with Crippen LogP contribution in [0.5, 0.6) is 0 Å². The van der Waals surface area contributed by atoms with Crippen molar-refractivity contribution >= 4 is 12.0 Å². The van der Waals surface area contributed by atoms with Gasteiger partial charge in [-0.05, 0) is 38.5 Å². The predicted molar refractivity (Wildman–Crippen MR) is 74.0 cm³/mol. The first-order valence-electron chi connectivity index (χ1n) is 7.15. The molecule has 5 nitrogen and oxygen atoms in total. The normalized spacial score (nSPS) is 24.6. The van der Waals surface area contributed by atoms with Crippen LogP contribution in [0.15, 0.2) is 0 Å². The maximum absolute atomic E-state index is 12.3. The fourth-order valence-electron chi connectivity index (χ4n) is 2.97. The standard InChI is InChI=1S/C14H26N2O3/c1-5-14(12(17)18)7-6-8-16(14)13(19)15-11(4)9-10(2)3/h10-11H,5-9H2,1-4H3,(H,15,19)(H,17,18). The zero-order chi connectivity index (χ0) is 14.6. The summed E-state index contributed by atoms with van der Waals surface area (Å²) >= 11 is 0. The van der Waals surface area contributed by atoms with Gasteiger partial charge in [-0.15, -0.1) is 0 Å². The van der Waals surface area contributed by atoms with E-state index >= 15 is 0 Å². The average molecular weight is 270 g/mol. The highest BCUT2D eigenvalue weighted by atomic mass is 16.4. The molecule has 2 unspecified atom stereocenters. The first-order valence-corrected chi connectivity index (χ1v) is 7.15. The van der Waals surface area contributed by atoms with E-state index in [2.05, 4.69) is 19.2 Å². The smallest absolute Gasteiger partial charge is 0.329 e. The molecule has 5 heteroatoms. The van der Waals surface area contributed by atoms with Crippen LogP contribution in [0.4, 0.5) is 4.79 Å². The molecule has 1 saturated heterocycles. The van der Waals surface area contributed by atoms with Crippen LogP contribution in [0.25, 0.3) is 0 Å². The lowest BCUT2D eigenvalue weighted by molar-refractivity contribution is -0.148. The molecule has 1 rings (SSSR count). The number of nitrogens with zero attached hydrogens (tertiary/aromatic N) is 1. The molecule has 1 aliphatic heterocycles. The lowest BCUT2D eigenvalue weighted by Crippen LogP contribution is -2.56. The van der Waals surface area contributed by atoms with Gasteiger partial charge in [0.05, 0.1) is 0 Å². The zero-order valence-electron chi connectivity index (χ0n) is 12.4. The SMILES string of the molecule is CCC1(C(=O)O)CCCN1C(=O)NC(C)CC(C)C. The van der Waals surface area contributed by atoms with Gasteiger partial charge < -0.3 is 15.3 Å². The molecule has 0 saturated carbocycles. The lowest BCUT2D eigenvalue weighted by Gasteiger charge is -2.34. The van der Waals surface area contributed by atoms with Gasteiger partial charge in [-0.3, -0.25) is 0 Å². The maximum atomic E-state index is 12.3. The van der Waals surface area contributed by atoms with E-state index in [0.717, 1.165) is 12.8 Å². The van der Waals surface area contributed by atoms with Crippen molar-refractivity contribution in [3.05, 3.63) is 0 Å². The number of carboxylic acids is 1. The first-order chi connectivity index (χ1) is 8.83. The second kappa shape index (κ2) is 6.26. The highest BCUT2D eigenvalue weighted by Crippen LogP contribution is 2.32. The van der Waals surface area contributed by atoms with E-state index in [-0.39, 0.29) is 12.1 Å². The monoisotopic (exact) mass is 270 g/mol. The third-order valence-electron chi connectivity index (χ3n) is 3.91. The van der Waals surface area contributed by atoms with Crippen LogP contribution in [0, 0.1) is 5.92 Å². The number of nitrogens with one attached hydrogen (secondary N) is 1. The Morgan fingerprint density at radius 2 is 2.00 bits per heavy atom. The van der Waals surface area contributed by atoms with Crippen molar-refractivity contribution in [2.75, 3.05) is 6.54 Å². The van der Waals surface area contributed by atoms with Gasteiger partial charge in [0.25, 0.3) is 0 Å². The summed E-state index contributed by atoms with van der Waals surface area (Å²) in [4.78, 5) is 25.3. The molecule has 1 fully saturated rings. The van der Waals surface area contributed by atoms with E-state index in [9.17, 15) is 14.7 Å². The Morgan fingerprint density at radius 3 is 2.47 bits per heavy atom. The Labute approximate surface area is 115 Å². The number of aliphatic carboxylic acids is 1. The Hall–Kier alpha value is -1.26. The highest BCUT2D eigenvalue weighted by molar-refractivity contribution is 5.87. The summed E-state index contributed by atoms with van der Waals surface area (Å²) in [7, 11) is 0. The fraction of sp³-hybridized carbons (Fsp3) is 0.857. The second-order valence-electron chi connectivity index (χ2n) is 5.93. The van der Waals surface area contributed by atoms with Gasteiger partial charge in [0, 0.05) is 12.6 Å². The molecule has 0 aromatic carbocycles. The molecule has 19 heavy (non-hydrogen) atoms. The summed E-state index contributed by atoms with van der Waals surface area (Å²) in [5, 5.41) is 12.4. The largest absolute Gasteiger partial charge is 0.479 e. The molecule has 2 N–H and O–H groups in total. The number of carboxylic acid groups (broad SMARTS) is 1. The highest BCUT2D eigenvalue weighted by Gasteiger charge is 2.48. The van der Waals surface area contributed by atoms with E-state index in [0.29, 0.717) is 25.3 Å². The molecule has 2 amide bonds. The molecule has 0 aromatic rings. The fourth-order valence-corrected chi connectivity index (χ4v) is 2.97. The van der Waals surface area contributed by atoms with Crippen LogP contribution in [-0.4, -0.2) is 40.1 Å². The van der Waals surface area contributed by atoms with Crippen molar-refractivity contribution in [1.29, 1.82) is 0 Å². The quantitative estimate of drug-likeness (QED) is 0.806. The molecule has 1 aliphatic rings. The Kier molecular flexibility index (Phi) is 5.20. The van der Waals surface area contributed by atoms with E-state index in [4.69, 9.17) is 0 Å². The number of rotatable bonds is 5. The van der Waals surface area contributed by atoms with Crippen molar-refractivity contribution in [2.24, 2.45) is 5.92 Å². The van der Waals surface area contributed by atoms with Gasteiger partial charge in [-0.2, -0.15) is 0 Å². The van der Waals surface area contributed by atoms with Crippen LogP contribution >= 0.6 is 0 Å². The topological polar surface area (TPSA) is 69.6 Å². The summed E-state index contributed by atoms with van der Waals surface area (Å²) in [6.07, 6.45) is 2.65. The van der Waals surface area contributed by atoms with Gasteiger partial charge in [0.2, 0.25) is 0 Å². The van der Waals surface area contributed by atoms with Crippen molar-refractivity contribution in [3.63, 3.8) is 0 Å². The molecule has 1 heterocycles. The molecule has 0 aliphatic carbocycles. The first kappa shape index (κ1) is 15.8. The number of hydrogen-bond acceptors (Lipinski definition) is 2. The van der Waals surface area contributed by atoms with Gasteiger partial charge in [-0.25, -0.2) is 9.59 Å². The number of hydrogen-bond donors (Lipinski definition) is 2. The molecule has 110 valence electrons. The molecule has 0 spiro atoms. The van der Waals surface area contributed by atoms with Crippen molar-refractivity contribution < 1.29 is 14.7 Å². The van der Waals surface area contributed by atoms with Crippen molar-refractivity contribution in [2.45, 2.75) is 65.0 Å². The van der Waals surface area contributed by atoms with Crippen LogP contribution < -0.4 is 5.32 Å². The number of amides is 2. The van der Waals surface area contributed by atoms with E-state index in [1.165, 1.54) is 4.90 Å². The van der Waals surface area contributed by atoms with Crippen LogP contribution in [0.2, 0.25) is 0 Å².